The van der Waals surface area contributed by atoms with Crippen LogP contribution in [0.15, 0.2) is 18.2 Å². The van der Waals surface area contributed by atoms with Gasteiger partial charge in [0, 0.05) is 32.0 Å². The molecule has 1 N–H and O–H groups in total. The molecule has 0 aliphatic carbocycles. The van der Waals surface area contributed by atoms with E-state index >= 15 is 0 Å². The third kappa shape index (κ3) is 5.69. The first-order valence-corrected chi connectivity index (χ1v) is 7.03. The number of nitrogens with zero attached hydrogens (tertiary/aromatic N) is 1. The molecule has 0 aliphatic rings. The number of rotatable bonds is 10. The Labute approximate surface area is 124 Å². The van der Waals surface area contributed by atoms with Crippen LogP contribution < -0.4 is 4.90 Å². The Bertz CT molecular complexity index is 443. The van der Waals surface area contributed by atoms with Crippen LogP contribution in [-0.2, 0) is 9.47 Å². The Morgan fingerprint density at radius 3 is 2.19 bits per heavy atom. The van der Waals surface area contributed by atoms with Gasteiger partial charge in [0.05, 0.1) is 18.8 Å². The average molecular weight is 299 g/mol. The van der Waals surface area contributed by atoms with Crippen LogP contribution in [0.2, 0.25) is 0 Å². The summed E-state index contributed by atoms with van der Waals surface area (Å²) < 4.78 is 24.4. The summed E-state index contributed by atoms with van der Waals surface area (Å²) in [5.41, 5.74) is 0.297. The maximum absolute atomic E-state index is 13.8. The Balaban J connectivity index is 2.80. The predicted molar refractivity (Wildman–Crippen MR) is 78.6 cm³/mol. The van der Waals surface area contributed by atoms with Gasteiger partial charge in [-0.25, -0.2) is 9.18 Å². The van der Waals surface area contributed by atoms with Crippen molar-refractivity contribution in [3.63, 3.8) is 0 Å². The van der Waals surface area contributed by atoms with Gasteiger partial charge in [0.1, 0.15) is 5.82 Å². The number of benzene rings is 1. The van der Waals surface area contributed by atoms with Crippen LogP contribution >= 0.6 is 0 Å². The topological polar surface area (TPSA) is 59.0 Å². The van der Waals surface area contributed by atoms with E-state index in [0.717, 1.165) is 0 Å². The lowest BCUT2D eigenvalue weighted by Crippen LogP contribution is -2.31. The molecule has 0 aromatic heterocycles. The molecular weight excluding hydrogens is 277 g/mol. The predicted octanol–water partition coefficient (Wildman–Crippen LogP) is 2.40. The lowest BCUT2D eigenvalue weighted by molar-refractivity contribution is 0.0692. The van der Waals surface area contributed by atoms with Crippen LogP contribution in [0.4, 0.5) is 10.1 Å². The van der Waals surface area contributed by atoms with E-state index in [1.165, 1.54) is 12.1 Å². The number of ether oxygens (including phenoxy) is 2. The van der Waals surface area contributed by atoms with Gasteiger partial charge in [0.15, 0.2) is 0 Å². The Morgan fingerprint density at radius 2 is 1.76 bits per heavy atom. The van der Waals surface area contributed by atoms with Crippen molar-refractivity contribution in [3.05, 3.63) is 29.6 Å². The van der Waals surface area contributed by atoms with Crippen LogP contribution in [0, 0.1) is 5.82 Å². The molecule has 1 aromatic carbocycles. The third-order valence-electron chi connectivity index (χ3n) is 2.97. The fraction of sp³-hybridized carbons (Fsp3) is 0.533. The summed E-state index contributed by atoms with van der Waals surface area (Å²) in [6, 6.07) is 4.12. The molecule has 6 heteroatoms. The van der Waals surface area contributed by atoms with Crippen molar-refractivity contribution in [3.8, 4) is 0 Å². The van der Waals surface area contributed by atoms with E-state index in [2.05, 4.69) is 0 Å². The second kappa shape index (κ2) is 9.31. The first-order valence-electron chi connectivity index (χ1n) is 7.03. The lowest BCUT2D eigenvalue weighted by Gasteiger charge is -2.25. The SMILES string of the molecule is CCOCCN(CCOCC)c1ccc(C(=O)O)c(F)c1. The van der Waals surface area contributed by atoms with E-state index in [1.807, 2.05) is 18.7 Å². The van der Waals surface area contributed by atoms with Gasteiger partial charge in [-0.1, -0.05) is 0 Å². The number of aromatic carboxylic acids is 1. The van der Waals surface area contributed by atoms with Gasteiger partial charge in [-0.05, 0) is 32.0 Å². The second-order valence-electron chi connectivity index (χ2n) is 4.35. The number of carbonyl (C=O) groups is 1. The van der Waals surface area contributed by atoms with Crippen LogP contribution in [0.3, 0.4) is 0 Å². The highest BCUT2D eigenvalue weighted by molar-refractivity contribution is 5.88. The standard InChI is InChI=1S/C15H22FNO4/c1-3-20-9-7-17(8-10-21-4-2)12-5-6-13(15(18)19)14(16)11-12/h5-6,11H,3-4,7-10H2,1-2H3,(H,18,19). The molecule has 21 heavy (non-hydrogen) atoms. The minimum Gasteiger partial charge on any atom is -0.478 e. The van der Waals surface area contributed by atoms with Crippen LogP contribution in [0.1, 0.15) is 24.2 Å². The molecule has 0 radical (unpaired) electrons. The van der Waals surface area contributed by atoms with E-state index in [9.17, 15) is 9.18 Å². The van der Waals surface area contributed by atoms with Gasteiger partial charge in [-0.3, -0.25) is 0 Å². The maximum Gasteiger partial charge on any atom is 0.338 e. The van der Waals surface area contributed by atoms with Gasteiger partial charge >= 0.3 is 5.97 Å². The Morgan fingerprint density at radius 1 is 1.19 bits per heavy atom. The van der Waals surface area contributed by atoms with Crippen molar-refractivity contribution in [1.82, 2.24) is 0 Å². The lowest BCUT2D eigenvalue weighted by atomic mass is 10.2. The summed E-state index contributed by atoms with van der Waals surface area (Å²) in [6.45, 7) is 7.27. The molecule has 1 rings (SSSR count). The fourth-order valence-electron chi connectivity index (χ4n) is 1.88. The van der Waals surface area contributed by atoms with Crippen molar-refractivity contribution in [2.24, 2.45) is 0 Å². The molecular formula is C15H22FNO4. The zero-order valence-electron chi connectivity index (χ0n) is 12.5. The van der Waals surface area contributed by atoms with Crippen molar-refractivity contribution in [2.45, 2.75) is 13.8 Å². The number of anilines is 1. The molecule has 0 fully saturated rings. The van der Waals surface area contributed by atoms with Crippen molar-refractivity contribution >= 4 is 11.7 Å². The summed E-state index contributed by atoms with van der Waals surface area (Å²) in [5.74, 6) is -2.01. The molecule has 1 aromatic rings. The number of carboxylic acid groups (broad SMARTS) is 1. The van der Waals surface area contributed by atoms with Crippen LogP contribution in [0.25, 0.3) is 0 Å². The van der Waals surface area contributed by atoms with Crippen molar-refractivity contribution in [1.29, 1.82) is 0 Å². The van der Waals surface area contributed by atoms with Gasteiger partial charge in [-0.2, -0.15) is 0 Å². The molecule has 0 heterocycles. The van der Waals surface area contributed by atoms with Gasteiger partial charge < -0.3 is 19.5 Å². The molecule has 0 saturated heterocycles. The number of hydrogen-bond acceptors (Lipinski definition) is 4. The molecule has 0 unspecified atom stereocenters. The summed E-state index contributed by atoms with van der Waals surface area (Å²) in [5, 5.41) is 8.85. The van der Waals surface area contributed by atoms with E-state index in [-0.39, 0.29) is 5.56 Å². The summed E-state index contributed by atoms with van der Waals surface area (Å²) in [6.07, 6.45) is 0. The molecule has 0 amide bonds. The van der Waals surface area contributed by atoms with Crippen molar-refractivity contribution < 1.29 is 23.8 Å². The third-order valence-corrected chi connectivity index (χ3v) is 2.97. The second-order valence-corrected chi connectivity index (χ2v) is 4.35. The number of hydrogen-bond donors (Lipinski definition) is 1. The largest absolute Gasteiger partial charge is 0.478 e. The first kappa shape index (κ1) is 17.4. The minimum absolute atomic E-state index is 0.326. The van der Waals surface area contributed by atoms with Gasteiger partial charge in [0.2, 0.25) is 0 Å². The zero-order chi connectivity index (χ0) is 15.7. The Kier molecular flexibility index (Phi) is 7.71. The van der Waals surface area contributed by atoms with E-state index in [0.29, 0.717) is 45.2 Å². The quantitative estimate of drug-likeness (QED) is 0.672. The van der Waals surface area contributed by atoms with Gasteiger partial charge in [-0.15, -0.1) is 0 Å². The highest BCUT2D eigenvalue weighted by Crippen LogP contribution is 2.18. The van der Waals surface area contributed by atoms with Crippen LogP contribution in [0.5, 0.6) is 0 Å². The molecule has 118 valence electrons. The van der Waals surface area contributed by atoms with Crippen molar-refractivity contribution in [2.75, 3.05) is 44.4 Å². The monoisotopic (exact) mass is 299 g/mol. The fourth-order valence-corrected chi connectivity index (χ4v) is 1.88. The first-order chi connectivity index (χ1) is 10.1. The number of carboxylic acids is 1. The smallest absolute Gasteiger partial charge is 0.338 e. The summed E-state index contributed by atoms with van der Waals surface area (Å²) >= 11 is 0. The highest BCUT2D eigenvalue weighted by atomic mass is 19.1. The molecule has 0 bridgehead atoms. The average Bonchev–Trinajstić information content (AvgIpc) is 2.45. The number of halogens is 1. The summed E-state index contributed by atoms with van der Waals surface area (Å²) in [7, 11) is 0. The molecule has 0 spiro atoms. The zero-order valence-corrected chi connectivity index (χ0v) is 12.5. The Hall–Kier alpha value is -1.66. The molecule has 5 nitrogen and oxygen atoms in total. The summed E-state index contributed by atoms with van der Waals surface area (Å²) in [4.78, 5) is 12.7. The van der Waals surface area contributed by atoms with E-state index < -0.39 is 11.8 Å². The molecule has 0 atom stereocenters. The molecule has 0 saturated carbocycles. The maximum atomic E-state index is 13.8. The van der Waals surface area contributed by atoms with E-state index in [4.69, 9.17) is 14.6 Å². The van der Waals surface area contributed by atoms with E-state index in [1.54, 1.807) is 6.07 Å². The molecule has 0 aliphatic heterocycles. The highest BCUT2D eigenvalue weighted by Gasteiger charge is 2.13. The minimum atomic E-state index is -1.27. The normalized spacial score (nSPS) is 10.6. The van der Waals surface area contributed by atoms with Crippen LogP contribution in [-0.4, -0.2) is 50.6 Å². The van der Waals surface area contributed by atoms with Gasteiger partial charge in [0.25, 0.3) is 0 Å².